The van der Waals surface area contributed by atoms with Crippen LogP contribution in [-0.2, 0) is 15.2 Å². The lowest BCUT2D eigenvalue weighted by Gasteiger charge is -2.27. The third-order valence-electron chi connectivity index (χ3n) is 4.91. The second kappa shape index (κ2) is 4.43. The second-order valence-corrected chi connectivity index (χ2v) is 6.04. The molecule has 0 unspecified atom stereocenters. The van der Waals surface area contributed by atoms with Gasteiger partial charge in [-0.3, -0.25) is 9.59 Å². The zero-order valence-electron chi connectivity index (χ0n) is 12.9. The van der Waals surface area contributed by atoms with Crippen LogP contribution in [0.4, 0.5) is 11.4 Å². The number of aliphatic hydroxyl groups is 1. The van der Waals surface area contributed by atoms with Crippen LogP contribution in [-0.4, -0.2) is 31.0 Å². The monoisotopic (exact) mass is 308 g/mol. The molecule has 2 amide bonds. The molecule has 0 fully saturated rings. The SMILES string of the molecule is CN1C(=O)[C@H]([C@]2(O)C(=O)N(C)c3ccccc32)c2ccccc21. The third kappa shape index (κ3) is 1.55. The number of carbonyl (C=O) groups excluding carboxylic acids is 2. The number of carbonyl (C=O) groups is 2. The van der Waals surface area contributed by atoms with E-state index in [4.69, 9.17) is 0 Å². The zero-order valence-corrected chi connectivity index (χ0v) is 12.9. The van der Waals surface area contributed by atoms with Crippen LogP contribution in [0, 0.1) is 0 Å². The van der Waals surface area contributed by atoms with Crippen molar-refractivity contribution in [3.8, 4) is 0 Å². The fourth-order valence-electron chi connectivity index (χ4n) is 3.73. The van der Waals surface area contributed by atoms with Gasteiger partial charge in [0, 0.05) is 25.3 Å². The van der Waals surface area contributed by atoms with Gasteiger partial charge in [-0.05, 0) is 17.7 Å². The molecule has 4 rings (SSSR count). The van der Waals surface area contributed by atoms with Gasteiger partial charge in [-0.15, -0.1) is 0 Å². The summed E-state index contributed by atoms with van der Waals surface area (Å²) in [6, 6.07) is 14.4. The number of hydrogen-bond donors (Lipinski definition) is 1. The molecule has 5 heteroatoms. The minimum Gasteiger partial charge on any atom is -0.374 e. The maximum absolute atomic E-state index is 12.8. The van der Waals surface area contributed by atoms with E-state index in [9.17, 15) is 14.7 Å². The Bertz CT molecular complexity index is 848. The largest absolute Gasteiger partial charge is 0.374 e. The van der Waals surface area contributed by atoms with Gasteiger partial charge in [0.25, 0.3) is 5.91 Å². The summed E-state index contributed by atoms with van der Waals surface area (Å²) in [7, 11) is 3.29. The normalized spacial score (nSPS) is 25.8. The van der Waals surface area contributed by atoms with Crippen LogP contribution in [0.15, 0.2) is 48.5 Å². The summed E-state index contributed by atoms with van der Waals surface area (Å²) in [6.07, 6.45) is 0. The van der Waals surface area contributed by atoms with Gasteiger partial charge in [-0.25, -0.2) is 0 Å². The van der Waals surface area contributed by atoms with Crippen LogP contribution < -0.4 is 9.80 Å². The molecule has 2 atom stereocenters. The van der Waals surface area contributed by atoms with Gasteiger partial charge < -0.3 is 14.9 Å². The average molecular weight is 308 g/mol. The first kappa shape index (κ1) is 14.0. The summed E-state index contributed by atoms with van der Waals surface area (Å²) in [4.78, 5) is 28.6. The van der Waals surface area contributed by atoms with E-state index in [1.54, 1.807) is 38.4 Å². The van der Waals surface area contributed by atoms with Gasteiger partial charge in [-0.2, -0.15) is 0 Å². The Morgan fingerprint density at radius 1 is 0.913 bits per heavy atom. The average Bonchev–Trinajstić information content (AvgIpc) is 2.94. The molecule has 116 valence electrons. The molecule has 23 heavy (non-hydrogen) atoms. The summed E-state index contributed by atoms with van der Waals surface area (Å²) in [5, 5.41) is 11.4. The molecule has 2 aromatic carbocycles. The molecule has 0 aromatic heterocycles. The number of rotatable bonds is 1. The second-order valence-electron chi connectivity index (χ2n) is 6.04. The molecular weight excluding hydrogens is 292 g/mol. The molecule has 0 saturated carbocycles. The molecule has 2 aliphatic rings. The smallest absolute Gasteiger partial charge is 0.264 e. The first-order valence-corrected chi connectivity index (χ1v) is 7.44. The van der Waals surface area contributed by atoms with E-state index < -0.39 is 17.4 Å². The Morgan fingerprint density at radius 3 is 2.26 bits per heavy atom. The number of fused-ring (bicyclic) bond motifs is 2. The quantitative estimate of drug-likeness (QED) is 0.870. The maximum Gasteiger partial charge on any atom is 0.264 e. The maximum atomic E-state index is 12.8. The summed E-state index contributed by atoms with van der Waals surface area (Å²) >= 11 is 0. The van der Waals surface area contributed by atoms with E-state index in [-0.39, 0.29) is 5.91 Å². The zero-order chi connectivity index (χ0) is 16.4. The summed E-state index contributed by atoms with van der Waals surface area (Å²) in [6.45, 7) is 0. The molecule has 0 spiro atoms. The number of amides is 2. The molecule has 0 radical (unpaired) electrons. The number of likely N-dealkylation sites (N-methyl/N-ethyl adjacent to an activating group) is 2. The molecule has 0 aliphatic carbocycles. The lowest BCUT2D eigenvalue weighted by atomic mass is 9.78. The van der Waals surface area contributed by atoms with Crippen LogP contribution in [0.5, 0.6) is 0 Å². The van der Waals surface area contributed by atoms with Crippen molar-refractivity contribution >= 4 is 23.2 Å². The van der Waals surface area contributed by atoms with Gasteiger partial charge >= 0.3 is 0 Å². The van der Waals surface area contributed by atoms with Crippen LogP contribution in [0.25, 0.3) is 0 Å². The Hall–Kier alpha value is -2.66. The Labute approximate surface area is 133 Å². The van der Waals surface area contributed by atoms with Gasteiger partial charge in [0.2, 0.25) is 5.91 Å². The summed E-state index contributed by atoms with van der Waals surface area (Å²) < 4.78 is 0. The minimum atomic E-state index is -1.87. The topological polar surface area (TPSA) is 60.9 Å². The number of benzene rings is 2. The Morgan fingerprint density at radius 2 is 1.52 bits per heavy atom. The fraction of sp³-hybridized carbons (Fsp3) is 0.222. The predicted molar refractivity (Wildman–Crippen MR) is 86.3 cm³/mol. The van der Waals surface area contributed by atoms with Gasteiger partial charge in [0.1, 0.15) is 5.92 Å². The molecule has 1 N–H and O–H groups in total. The highest BCUT2D eigenvalue weighted by atomic mass is 16.3. The van der Waals surface area contributed by atoms with Gasteiger partial charge in [-0.1, -0.05) is 36.4 Å². The number of nitrogens with zero attached hydrogens (tertiary/aromatic N) is 2. The predicted octanol–water partition coefficient (Wildman–Crippen LogP) is 1.61. The number of para-hydroxylation sites is 2. The van der Waals surface area contributed by atoms with Crippen molar-refractivity contribution in [2.75, 3.05) is 23.9 Å². The van der Waals surface area contributed by atoms with Crippen LogP contribution in [0.2, 0.25) is 0 Å². The van der Waals surface area contributed by atoms with Crippen molar-refractivity contribution in [1.29, 1.82) is 0 Å². The standard InChI is InChI=1S/C18H16N2O3/c1-19-13-9-5-3-7-11(13)15(16(19)21)18(23)12-8-4-6-10-14(12)20(2)17(18)22/h3-10,15,23H,1-2H3/t15-,18+/m1/s1. The lowest BCUT2D eigenvalue weighted by molar-refractivity contribution is -0.143. The minimum absolute atomic E-state index is 0.271. The van der Waals surface area contributed by atoms with E-state index >= 15 is 0 Å². The van der Waals surface area contributed by atoms with Gasteiger partial charge in [0.05, 0.1) is 5.69 Å². The first-order chi connectivity index (χ1) is 11.0. The molecular formula is C18H16N2O3. The number of anilines is 2. The highest BCUT2D eigenvalue weighted by Gasteiger charge is 2.59. The molecule has 5 nitrogen and oxygen atoms in total. The number of hydrogen-bond acceptors (Lipinski definition) is 3. The fourth-order valence-corrected chi connectivity index (χ4v) is 3.73. The van der Waals surface area contributed by atoms with E-state index in [1.165, 1.54) is 9.80 Å². The van der Waals surface area contributed by atoms with E-state index in [1.807, 2.05) is 24.3 Å². The van der Waals surface area contributed by atoms with Crippen LogP contribution >= 0.6 is 0 Å². The highest BCUT2D eigenvalue weighted by molar-refractivity contribution is 6.15. The molecule has 2 aliphatic heterocycles. The van der Waals surface area contributed by atoms with E-state index in [2.05, 4.69) is 0 Å². The van der Waals surface area contributed by atoms with Gasteiger partial charge in [0.15, 0.2) is 5.60 Å². The highest BCUT2D eigenvalue weighted by Crippen LogP contribution is 2.52. The van der Waals surface area contributed by atoms with Crippen molar-refractivity contribution in [2.24, 2.45) is 0 Å². The summed E-state index contributed by atoms with van der Waals surface area (Å²) in [5.41, 5.74) is 0.663. The van der Waals surface area contributed by atoms with Crippen LogP contribution in [0.3, 0.4) is 0 Å². The van der Waals surface area contributed by atoms with E-state index in [0.29, 0.717) is 16.8 Å². The molecule has 2 heterocycles. The van der Waals surface area contributed by atoms with Crippen LogP contribution in [0.1, 0.15) is 17.0 Å². The third-order valence-corrected chi connectivity index (χ3v) is 4.91. The van der Waals surface area contributed by atoms with Crippen molar-refractivity contribution in [2.45, 2.75) is 11.5 Å². The Kier molecular flexibility index (Phi) is 2.69. The van der Waals surface area contributed by atoms with E-state index in [0.717, 1.165) is 5.69 Å². The van der Waals surface area contributed by atoms with Crippen molar-refractivity contribution < 1.29 is 14.7 Å². The van der Waals surface area contributed by atoms with Crippen molar-refractivity contribution in [1.82, 2.24) is 0 Å². The summed E-state index contributed by atoms with van der Waals surface area (Å²) in [5.74, 6) is -1.67. The Balaban J connectivity index is 1.98. The van der Waals surface area contributed by atoms with Crippen molar-refractivity contribution in [3.05, 3.63) is 59.7 Å². The molecule has 0 saturated heterocycles. The molecule has 2 aromatic rings. The lowest BCUT2D eigenvalue weighted by Crippen LogP contribution is -2.46. The van der Waals surface area contributed by atoms with Crippen molar-refractivity contribution in [3.63, 3.8) is 0 Å². The first-order valence-electron chi connectivity index (χ1n) is 7.44. The molecule has 0 bridgehead atoms.